The van der Waals surface area contributed by atoms with E-state index in [-0.39, 0.29) is 11.7 Å². The number of hydrogen-bond donors (Lipinski definition) is 3. The number of piperazine rings is 1. The Labute approximate surface area is 182 Å². The molecule has 0 spiro atoms. The summed E-state index contributed by atoms with van der Waals surface area (Å²) >= 11 is 1.72. The minimum atomic E-state index is -0.209. The Hall–Kier alpha value is -1.85. The van der Waals surface area contributed by atoms with Crippen LogP contribution >= 0.6 is 11.3 Å². The molecule has 2 atom stereocenters. The molecule has 6 heterocycles. The summed E-state index contributed by atoms with van der Waals surface area (Å²) in [4.78, 5) is 18.3. The molecule has 3 N–H and O–H groups in total. The average molecular weight is 426 g/mol. The van der Waals surface area contributed by atoms with Crippen LogP contribution in [0.15, 0.2) is 6.07 Å². The molecule has 5 aliphatic rings. The molecule has 0 aliphatic carbocycles. The van der Waals surface area contributed by atoms with Crippen molar-refractivity contribution in [2.75, 3.05) is 39.3 Å². The lowest BCUT2D eigenvalue weighted by Crippen LogP contribution is -2.66. The number of carbonyl (C=O) groups is 1. The molecule has 6 rings (SSSR count). The number of piperidine rings is 3. The molecule has 5 aliphatic heterocycles. The van der Waals surface area contributed by atoms with Gasteiger partial charge in [0.1, 0.15) is 0 Å². The molecule has 6 nitrogen and oxygen atoms in total. The highest BCUT2D eigenvalue weighted by molar-refractivity contribution is 7.10. The normalized spacial score (nSPS) is 32.3. The van der Waals surface area contributed by atoms with E-state index in [2.05, 4.69) is 51.8 Å². The first-order valence-corrected chi connectivity index (χ1v) is 12.0. The van der Waals surface area contributed by atoms with Gasteiger partial charge in [0.05, 0.1) is 10.5 Å². The van der Waals surface area contributed by atoms with E-state index in [4.69, 9.17) is 0 Å². The Bertz CT molecular complexity index is 977. The number of rotatable bonds is 2. The Morgan fingerprint density at radius 3 is 2.97 bits per heavy atom. The number of thiophene rings is 1. The zero-order chi connectivity index (χ0) is 20.6. The van der Waals surface area contributed by atoms with Crippen molar-refractivity contribution in [1.29, 1.82) is 0 Å². The van der Waals surface area contributed by atoms with Gasteiger partial charge in [0.2, 0.25) is 0 Å². The van der Waals surface area contributed by atoms with E-state index in [0.717, 1.165) is 61.6 Å². The number of hydrogen-bond acceptors (Lipinski definition) is 5. The van der Waals surface area contributed by atoms with E-state index < -0.39 is 0 Å². The fourth-order valence-electron chi connectivity index (χ4n) is 5.16. The molecule has 4 fully saturated rings. The molecule has 0 unspecified atom stereocenters. The van der Waals surface area contributed by atoms with E-state index in [1.165, 1.54) is 17.4 Å². The van der Waals surface area contributed by atoms with Gasteiger partial charge in [0, 0.05) is 67.7 Å². The molecule has 2 amide bonds. The Balaban J connectivity index is 1.25. The standard InChI is InChI=1S/C23H31N5OS/c1-23(14-17-5-11-28(23)12-6-17)26-22(29)27-10-7-21-18(16-27)13-20(30-21)4-2-3-19-15-24-8-9-25-19/h7,13,16-17,19,24-25H,3,5-6,8-12,14-15H2,1H3,(H,26,29)/t19-,23+/m1/s1. The third-order valence-corrected chi connectivity index (χ3v) is 7.94. The number of nitrogens with zero attached hydrogens (tertiary/aromatic N) is 2. The van der Waals surface area contributed by atoms with Gasteiger partial charge in [-0.3, -0.25) is 9.80 Å². The predicted octanol–water partition coefficient (Wildman–Crippen LogP) is 0.427. The molecule has 0 saturated carbocycles. The van der Waals surface area contributed by atoms with Crippen LogP contribution in [0.1, 0.15) is 37.5 Å². The molecule has 0 radical (unpaired) electrons. The van der Waals surface area contributed by atoms with Crippen LogP contribution in [0.4, 0.5) is 4.79 Å². The van der Waals surface area contributed by atoms with Crippen LogP contribution in [0, 0.1) is 17.8 Å². The highest BCUT2D eigenvalue weighted by Crippen LogP contribution is 2.37. The van der Waals surface area contributed by atoms with Gasteiger partial charge in [-0.2, -0.15) is 0 Å². The zero-order valence-corrected chi connectivity index (χ0v) is 18.5. The number of fused-ring (bicyclic) bond motifs is 4. The molecule has 2 bridgehead atoms. The van der Waals surface area contributed by atoms with Crippen LogP contribution in [0.3, 0.4) is 0 Å². The highest BCUT2D eigenvalue weighted by atomic mass is 32.1. The second-order valence-corrected chi connectivity index (χ2v) is 10.2. The molecule has 7 heteroatoms. The van der Waals surface area contributed by atoms with E-state index >= 15 is 0 Å². The Kier molecular flexibility index (Phi) is 5.59. The quantitative estimate of drug-likeness (QED) is 0.602. The first-order chi connectivity index (χ1) is 14.6. The van der Waals surface area contributed by atoms with E-state index in [1.54, 1.807) is 16.2 Å². The molecule has 1 aromatic heterocycles. The summed E-state index contributed by atoms with van der Waals surface area (Å²) in [6.45, 7) is 8.03. The van der Waals surface area contributed by atoms with Crippen molar-refractivity contribution in [3.05, 3.63) is 20.7 Å². The maximum Gasteiger partial charge on any atom is 0.323 e. The first-order valence-electron chi connectivity index (χ1n) is 11.2. The monoisotopic (exact) mass is 425 g/mol. The number of carbonyl (C=O) groups excluding carboxylic acids is 1. The Morgan fingerprint density at radius 1 is 1.37 bits per heavy atom. The van der Waals surface area contributed by atoms with Crippen LogP contribution < -0.4 is 25.7 Å². The molecular formula is C23H31N5OS. The third kappa shape index (κ3) is 4.15. The average Bonchev–Trinajstić information content (AvgIpc) is 3.17. The van der Waals surface area contributed by atoms with Gasteiger partial charge in [-0.15, -0.1) is 11.3 Å². The zero-order valence-electron chi connectivity index (χ0n) is 17.7. The van der Waals surface area contributed by atoms with Gasteiger partial charge < -0.3 is 16.0 Å². The molecule has 1 aromatic rings. The van der Waals surface area contributed by atoms with Crippen molar-refractivity contribution >= 4 is 29.6 Å². The minimum Gasteiger partial charge on any atom is -0.320 e. The SMILES string of the molecule is C[C@@]1(NC(=O)N2C=c3cc(C#CC[C@@H]4CNCCN4)sc3=CC2)CC2CCN1CC2. The van der Waals surface area contributed by atoms with Gasteiger partial charge in [0.15, 0.2) is 0 Å². The van der Waals surface area contributed by atoms with Crippen molar-refractivity contribution in [2.24, 2.45) is 5.92 Å². The van der Waals surface area contributed by atoms with Crippen LogP contribution in [0.2, 0.25) is 0 Å². The number of urea groups is 1. The van der Waals surface area contributed by atoms with Crippen molar-refractivity contribution in [1.82, 2.24) is 25.8 Å². The summed E-state index contributed by atoms with van der Waals surface area (Å²) in [6, 6.07) is 2.55. The summed E-state index contributed by atoms with van der Waals surface area (Å²) in [5.74, 6) is 7.39. The highest BCUT2D eigenvalue weighted by Gasteiger charge is 2.43. The summed E-state index contributed by atoms with van der Waals surface area (Å²) in [5, 5.41) is 11.3. The van der Waals surface area contributed by atoms with Crippen molar-refractivity contribution in [3.8, 4) is 11.8 Å². The third-order valence-electron chi connectivity index (χ3n) is 6.88. The summed E-state index contributed by atoms with van der Waals surface area (Å²) in [6.07, 6.45) is 8.58. The predicted molar refractivity (Wildman–Crippen MR) is 121 cm³/mol. The lowest BCUT2D eigenvalue weighted by Gasteiger charge is -2.53. The van der Waals surface area contributed by atoms with Crippen LogP contribution in [-0.4, -0.2) is 66.8 Å². The van der Waals surface area contributed by atoms with Crippen LogP contribution in [0.5, 0.6) is 0 Å². The fourth-order valence-corrected chi connectivity index (χ4v) is 6.09. The minimum absolute atomic E-state index is 0.00153. The second-order valence-electron chi connectivity index (χ2n) is 9.12. The van der Waals surface area contributed by atoms with Gasteiger partial charge in [-0.25, -0.2) is 4.79 Å². The largest absolute Gasteiger partial charge is 0.323 e. The molecule has 160 valence electrons. The number of amides is 2. The fraction of sp³-hybridized carbons (Fsp3) is 0.609. The molecule has 30 heavy (non-hydrogen) atoms. The summed E-state index contributed by atoms with van der Waals surface area (Å²) in [7, 11) is 0. The smallest absolute Gasteiger partial charge is 0.320 e. The van der Waals surface area contributed by atoms with E-state index in [0.29, 0.717) is 12.6 Å². The number of nitrogens with one attached hydrogen (secondary N) is 3. The van der Waals surface area contributed by atoms with E-state index in [1.807, 2.05) is 6.20 Å². The summed E-state index contributed by atoms with van der Waals surface area (Å²) < 4.78 is 1.22. The maximum absolute atomic E-state index is 13.0. The van der Waals surface area contributed by atoms with E-state index in [9.17, 15) is 4.79 Å². The van der Waals surface area contributed by atoms with Gasteiger partial charge >= 0.3 is 6.03 Å². The van der Waals surface area contributed by atoms with Gasteiger partial charge in [-0.05, 0) is 44.2 Å². The van der Waals surface area contributed by atoms with Crippen molar-refractivity contribution < 1.29 is 4.79 Å². The Morgan fingerprint density at radius 2 is 2.23 bits per heavy atom. The molecular weight excluding hydrogens is 394 g/mol. The summed E-state index contributed by atoms with van der Waals surface area (Å²) in [5.41, 5.74) is -0.209. The van der Waals surface area contributed by atoms with Gasteiger partial charge in [0.25, 0.3) is 0 Å². The molecule has 0 aromatic carbocycles. The van der Waals surface area contributed by atoms with Gasteiger partial charge in [-0.1, -0.05) is 11.8 Å². The lowest BCUT2D eigenvalue weighted by molar-refractivity contribution is -0.0328. The maximum atomic E-state index is 13.0. The van der Waals surface area contributed by atoms with Crippen molar-refractivity contribution in [3.63, 3.8) is 0 Å². The second kappa shape index (κ2) is 8.35. The van der Waals surface area contributed by atoms with Crippen LogP contribution in [-0.2, 0) is 0 Å². The first kappa shape index (κ1) is 20.1. The van der Waals surface area contributed by atoms with Crippen molar-refractivity contribution in [2.45, 2.75) is 44.3 Å². The topological polar surface area (TPSA) is 59.6 Å². The lowest BCUT2D eigenvalue weighted by atomic mass is 9.80. The molecule has 4 saturated heterocycles. The van der Waals surface area contributed by atoms with Crippen LogP contribution in [0.25, 0.3) is 12.3 Å².